The molecule has 0 bridgehead atoms. The second kappa shape index (κ2) is 6.58. The predicted octanol–water partition coefficient (Wildman–Crippen LogP) is 3.47. The van der Waals surface area contributed by atoms with Crippen LogP contribution in [0.2, 0.25) is 5.02 Å². The van der Waals surface area contributed by atoms with E-state index in [1.165, 1.54) is 12.8 Å². The average Bonchev–Trinajstić information content (AvgIpc) is 2.61. The highest BCUT2D eigenvalue weighted by molar-refractivity contribution is 6.31. The van der Waals surface area contributed by atoms with Gasteiger partial charge in [-0.05, 0) is 38.1 Å². The number of unbranched alkanes of at least 4 members (excludes halogenated alkanes) is 1. The Morgan fingerprint density at radius 1 is 1.39 bits per heavy atom. The summed E-state index contributed by atoms with van der Waals surface area (Å²) in [5.41, 5.74) is 8.24. The van der Waals surface area contributed by atoms with Gasteiger partial charge in [0, 0.05) is 7.05 Å². The van der Waals surface area contributed by atoms with Crippen LogP contribution in [-0.4, -0.2) is 16.3 Å². The van der Waals surface area contributed by atoms with Gasteiger partial charge >= 0.3 is 0 Å². The van der Waals surface area contributed by atoms with E-state index >= 15 is 0 Å². The van der Waals surface area contributed by atoms with E-state index in [0.29, 0.717) is 6.54 Å². The molecule has 0 aliphatic rings. The lowest BCUT2D eigenvalue weighted by molar-refractivity contribution is 0.246. The van der Waals surface area contributed by atoms with E-state index in [9.17, 15) is 0 Å². The van der Waals surface area contributed by atoms with Crippen LogP contribution in [0.1, 0.15) is 50.9 Å². The van der Waals surface area contributed by atoms with Gasteiger partial charge in [0.15, 0.2) is 0 Å². The van der Waals surface area contributed by atoms with Crippen molar-refractivity contribution < 1.29 is 0 Å². The highest BCUT2D eigenvalue weighted by Gasteiger charge is 2.29. The quantitative estimate of drug-likeness (QED) is 0.825. The number of nitrogens with zero attached hydrogens (tertiary/aromatic N) is 2. The summed E-state index contributed by atoms with van der Waals surface area (Å²) in [7, 11) is 1.96. The molecule has 1 heterocycles. The van der Waals surface area contributed by atoms with Crippen molar-refractivity contribution >= 4 is 11.6 Å². The molecule has 0 aliphatic carbocycles. The van der Waals surface area contributed by atoms with E-state index in [2.05, 4.69) is 18.9 Å². The highest BCUT2D eigenvalue weighted by Crippen LogP contribution is 2.34. The van der Waals surface area contributed by atoms with E-state index in [0.717, 1.165) is 35.7 Å². The zero-order valence-corrected chi connectivity index (χ0v) is 12.8. The molecule has 0 aromatic carbocycles. The summed E-state index contributed by atoms with van der Waals surface area (Å²) < 4.78 is 1.91. The molecule has 2 N–H and O–H groups in total. The molecule has 0 spiro atoms. The van der Waals surface area contributed by atoms with Crippen molar-refractivity contribution in [1.82, 2.24) is 9.78 Å². The Kier molecular flexibility index (Phi) is 5.67. The molecule has 1 aromatic heterocycles. The summed E-state index contributed by atoms with van der Waals surface area (Å²) in [6.45, 7) is 7.11. The van der Waals surface area contributed by atoms with Crippen LogP contribution in [-0.2, 0) is 13.5 Å². The van der Waals surface area contributed by atoms with E-state index in [1.807, 2.05) is 18.7 Å². The average molecular weight is 272 g/mol. The van der Waals surface area contributed by atoms with Gasteiger partial charge in [-0.2, -0.15) is 5.10 Å². The van der Waals surface area contributed by atoms with E-state index in [-0.39, 0.29) is 5.41 Å². The molecule has 0 aliphatic heterocycles. The largest absolute Gasteiger partial charge is 0.330 e. The third-order valence-corrected chi connectivity index (χ3v) is 4.54. The number of nitrogens with two attached hydrogens (primary N) is 1. The van der Waals surface area contributed by atoms with Crippen LogP contribution >= 0.6 is 11.6 Å². The fourth-order valence-electron chi connectivity index (χ4n) is 2.49. The van der Waals surface area contributed by atoms with Crippen LogP contribution in [0.4, 0.5) is 0 Å². The van der Waals surface area contributed by atoms with Gasteiger partial charge in [0.1, 0.15) is 0 Å². The van der Waals surface area contributed by atoms with Crippen LogP contribution in [0.25, 0.3) is 0 Å². The van der Waals surface area contributed by atoms with Crippen LogP contribution in [0.15, 0.2) is 0 Å². The molecule has 4 heteroatoms. The Bertz CT molecular complexity index is 381. The summed E-state index contributed by atoms with van der Waals surface area (Å²) in [4.78, 5) is 0. The first-order valence-corrected chi connectivity index (χ1v) is 7.25. The molecule has 104 valence electrons. The van der Waals surface area contributed by atoms with Crippen molar-refractivity contribution in [3.05, 3.63) is 16.4 Å². The summed E-state index contributed by atoms with van der Waals surface area (Å²) in [6, 6.07) is 0. The van der Waals surface area contributed by atoms with Gasteiger partial charge < -0.3 is 5.73 Å². The maximum Gasteiger partial charge on any atom is 0.0847 e. The molecule has 18 heavy (non-hydrogen) atoms. The Morgan fingerprint density at radius 2 is 2.06 bits per heavy atom. The molecule has 1 rings (SSSR count). The maximum atomic E-state index is 6.34. The zero-order valence-electron chi connectivity index (χ0n) is 12.1. The van der Waals surface area contributed by atoms with Crippen molar-refractivity contribution in [1.29, 1.82) is 0 Å². The first-order valence-electron chi connectivity index (χ1n) is 6.87. The fourth-order valence-corrected chi connectivity index (χ4v) is 2.71. The van der Waals surface area contributed by atoms with Crippen LogP contribution < -0.4 is 5.73 Å². The van der Waals surface area contributed by atoms with Gasteiger partial charge in [-0.25, -0.2) is 0 Å². The third kappa shape index (κ3) is 3.27. The van der Waals surface area contributed by atoms with Crippen LogP contribution in [0.3, 0.4) is 0 Å². The molecular formula is C14H26ClN3. The van der Waals surface area contributed by atoms with Gasteiger partial charge in [0.05, 0.1) is 16.4 Å². The van der Waals surface area contributed by atoms with Crippen molar-refractivity contribution in [3.63, 3.8) is 0 Å². The summed E-state index contributed by atoms with van der Waals surface area (Å²) >= 11 is 6.34. The molecule has 1 unspecified atom stereocenters. The number of aryl methyl sites for hydroxylation is 2. The van der Waals surface area contributed by atoms with Gasteiger partial charge in [0.25, 0.3) is 0 Å². The number of hydrogen-bond acceptors (Lipinski definition) is 2. The lowest BCUT2D eigenvalue weighted by Gasteiger charge is -2.31. The summed E-state index contributed by atoms with van der Waals surface area (Å²) in [5, 5.41) is 5.19. The predicted molar refractivity (Wildman–Crippen MR) is 78.0 cm³/mol. The number of hydrogen-bond donors (Lipinski definition) is 1. The monoisotopic (exact) mass is 271 g/mol. The Morgan fingerprint density at radius 3 is 2.44 bits per heavy atom. The Balaban J connectivity index is 2.95. The smallest absolute Gasteiger partial charge is 0.0847 e. The minimum atomic E-state index is 0.167. The second-order valence-corrected chi connectivity index (χ2v) is 5.69. The van der Waals surface area contributed by atoms with Gasteiger partial charge in [-0.3, -0.25) is 4.68 Å². The molecule has 0 radical (unpaired) electrons. The molecule has 0 amide bonds. The minimum absolute atomic E-state index is 0.167. The van der Waals surface area contributed by atoms with Crippen molar-refractivity contribution in [2.24, 2.45) is 18.2 Å². The number of halogens is 1. The number of aromatic nitrogens is 2. The molecular weight excluding hydrogens is 246 g/mol. The lowest BCUT2D eigenvalue weighted by atomic mass is 9.76. The zero-order chi connectivity index (χ0) is 13.8. The van der Waals surface area contributed by atoms with E-state index < -0.39 is 0 Å². The lowest BCUT2D eigenvalue weighted by Crippen LogP contribution is -2.33. The highest BCUT2D eigenvalue weighted by atomic mass is 35.5. The molecule has 0 saturated heterocycles. The molecule has 0 fully saturated rings. The standard InChI is InChI=1S/C14H26ClN3/c1-5-7-8-14(6-2,10-16)9-12-13(15)11(3)17-18(12)4/h5-10,16H2,1-4H3. The third-order valence-electron chi connectivity index (χ3n) is 4.05. The second-order valence-electron chi connectivity index (χ2n) is 5.31. The Labute approximate surface area is 116 Å². The minimum Gasteiger partial charge on any atom is -0.330 e. The molecule has 0 saturated carbocycles. The molecule has 1 atom stereocenters. The van der Waals surface area contributed by atoms with Crippen LogP contribution in [0.5, 0.6) is 0 Å². The Hall–Kier alpha value is -0.540. The first-order chi connectivity index (χ1) is 8.49. The van der Waals surface area contributed by atoms with Gasteiger partial charge in [0.2, 0.25) is 0 Å². The van der Waals surface area contributed by atoms with Crippen molar-refractivity contribution in [2.75, 3.05) is 6.54 Å². The molecule has 1 aromatic rings. The summed E-state index contributed by atoms with van der Waals surface area (Å²) in [5.74, 6) is 0. The van der Waals surface area contributed by atoms with Crippen molar-refractivity contribution in [2.45, 2.75) is 52.9 Å². The topological polar surface area (TPSA) is 43.8 Å². The van der Waals surface area contributed by atoms with Gasteiger partial charge in [-0.1, -0.05) is 38.3 Å². The van der Waals surface area contributed by atoms with Gasteiger partial charge in [-0.15, -0.1) is 0 Å². The number of rotatable bonds is 7. The SMILES string of the molecule is CCCCC(CC)(CN)Cc1c(Cl)c(C)nn1C. The van der Waals surface area contributed by atoms with Crippen molar-refractivity contribution in [3.8, 4) is 0 Å². The normalized spacial score (nSPS) is 14.8. The van der Waals surface area contributed by atoms with E-state index in [4.69, 9.17) is 17.3 Å². The molecule has 3 nitrogen and oxygen atoms in total. The fraction of sp³-hybridized carbons (Fsp3) is 0.786. The van der Waals surface area contributed by atoms with E-state index in [1.54, 1.807) is 0 Å². The first kappa shape index (κ1) is 15.5. The van der Waals surface area contributed by atoms with Crippen LogP contribution in [0, 0.1) is 12.3 Å². The maximum absolute atomic E-state index is 6.34. The summed E-state index contributed by atoms with van der Waals surface area (Å²) in [6.07, 6.45) is 5.61.